The smallest absolute Gasteiger partial charge is 0.344 e. The molecule has 0 aliphatic heterocycles. The molecule has 5 rings (SSSR count). The quantitative estimate of drug-likeness (QED) is 0.269. The van der Waals surface area contributed by atoms with Gasteiger partial charge >= 0.3 is 5.97 Å². The van der Waals surface area contributed by atoms with Gasteiger partial charge in [0, 0.05) is 11.3 Å². The molecule has 5 aromatic rings. The summed E-state index contributed by atoms with van der Waals surface area (Å²) in [5, 5.41) is 6.64. The lowest BCUT2D eigenvalue weighted by Gasteiger charge is -2.10. The Labute approximate surface area is 185 Å². The van der Waals surface area contributed by atoms with Crippen LogP contribution in [0.4, 0.5) is 5.69 Å². The van der Waals surface area contributed by atoms with Crippen LogP contribution in [0.25, 0.3) is 21.5 Å². The van der Waals surface area contributed by atoms with E-state index in [0.717, 1.165) is 21.5 Å². The average molecular weight is 417 g/mol. The second-order valence-corrected chi connectivity index (χ2v) is 7.42. The topological polar surface area (TPSA) is 55.4 Å². The van der Waals surface area contributed by atoms with Gasteiger partial charge in [0.2, 0.25) is 0 Å². The fourth-order valence-corrected chi connectivity index (χ4v) is 3.79. The summed E-state index contributed by atoms with van der Waals surface area (Å²) in [7, 11) is 0. The third-order valence-electron chi connectivity index (χ3n) is 5.37. The number of benzene rings is 5. The van der Waals surface area contributed by atoms with E-state index >= 15 is 0 Å². The number of carbonyl (C=O) groups excluding carboxylic acids is 2. The summed E-state index contributed by atoms with van der Waals surface area (Å²) in [5.41, 5.74) is 1.74. The van der Waals surface area contributed by atoms with Crippen LogP contribution < -0.4 is 10.1 Å². The molecular formula is C28H19NO3. The highest BCUT2D eigenvalue weighted by atomic mass is 16.5. The van der Waals surface area contributed by atoms with Gasteiger partial charge in [-0.05, 0) is 57.9 Å². The minimum absolute atomic E-state index is 0.192. The van der Waals surface area contributed by atoms with E-state index in [-0.39, 0.29) is 5.91 Å². The van der Waals surface area contributed by atoms with Gasteiger partial charge in [0.15, 0.2) is 0 Å². The molecule has 0 bridgehead atoms. The highest BCUT2D eigenvalue weighted by Gasteiger charge is 2.13. The molecule has 0 saturated heterocycles. The van der Waals surface area contributed by atoms with Gasteiger partial charge in [-0.1, -0.05) is 72.8 Å². The predicted molar refractivity (Wildman–Crippen MR) is 127 cm³/mol. The summed E-state index contributed by atoms with van der Waals surface area (Å²) < 4.78 is 5.56. The summed E-state index contributed by atoms with van der Waals surface area (Å²) in [4.78, 5) is 25.5. The SMILES string of the molecule is O=C(Nc1ccc(OC(=O)c2cccc3ccccc23)cc1)c1cccc2ccccc12. The molecule has 154 valence electrons. The van der Waals surface area contributed by atoms with Crippen molar-refractivity contribution < 1.29 is 14.3 Å². The second-order valence-electron chi connectivity index (χ2n) is 7.42. The lowest BCUT2D eigenvalue weighted by atomic mass is 10.0. The van der Waals surface area contributed by atoms with Gasteiger partial charge in [-0.3, -0.25) is 4.79 Å². The molecule has 1 amide bonds. The fourth-order valence-electron chi connectivity index (χ4n) is 3.79. The van der Waals surface area contributed by atoms with Crippen molar-refractivity contribution in [2.75, 3.05) is 5.32 Å². The van der Waals surface area contributed by atoms with Crippen LogP contribution in [0.2, 0.25) is 0 Å². The van der Waals surface area contributed by atoms with Crippen LogP contribution in [-0.4, -0.2) is 11.9 Å². The second kappa shape index (κ2) is 8.36. The zero-order valence-electron chi connectivity index (χ0n) is 17.1. The average Bonchev–Trinajstić information content (AvgIpc) is 2.84. The van der Waals surface area contributed by atoms with E-state index < -0.39 is 5.97 Å². The standard InChI is InChI=1S/C28H19NO3/c30-27(25-13-5-9-19-7-1-3-11-23(19)25)29-21-15-17-22(18-16-21)32-28(31)26-14-6-10-20-8-2-4-12-24(20)26/h1-18H,(H,29,30). The third-order valence-corrected chi connectivity index (χ3v) is 5.37. The largest absolute Gasteiger partial charge is 0.423 e. The van der Waals surface area contributed by atoms with Crippen LogP contribution in [0.3, 0.4) is 0 Å². The lowest BCUT2D eigenvalue weighted by molar-refractivity contribution is 0.0736. The molecule has 0 radical (unpaired) electrons. The van der Waals surface area contributed by atoms with Crippen molar-refractivity contribution in [2.45, 2.75) is 0 Å². The highest BCUT2D eigenvalue weighted by molar-refractivity contribution is 6.13. The Morgan fingerprint density at radius 1 is 0.562 bits per heavy atom. The lowest BCUT2D eigenvalue weighted by Crippen LogP contribution is -2.12. The fraction of sp³-hybridized carbons (Fsp3) is 0. The molecule has 0 saturated carbocycles. The summed E-state index contributed by atoms with van der Waals surface area (Å²) >= 11 is 0. The maximum atomic E-state index is 12.8. The van der Waals surface area contributed by atoms with Gasteiger partial charge in [0.25, 0.3) is 5.91 Å². The van der Waals surface area contributed by atoms with Crippen molar-refractivity contribution in [1.29, 1.82) is 0 Å². The molecule has 1 N–H and O–H groups in total. The van der Waals surface area contributed by atoms with E-state index in [1.807, 2.05) is 72.8 Å². The van der Waals surface area contributed by atoms with E-state index in [9.17, 15) is 9.59 Å². The molecule has 32 heavy (non-hydrogen) atoms. The maximum absolute atomic E-state index is 12.8. The third kappa shape index (κ3) is 3.82. The van der Waals surface area contributed by atoms with E-state index in [1.54, 1.807) is 36.4 Å². The summed E-state index contributed by atoms with van der Waals surface area (Å²) in [6, 6.07) is 33.4. The molecule has 5 aromatic carbocycles. The molecule has 0 atom stereocenters. The minimum Gasteiger partial charge on any atom is -0.423 e. The van der Waals surface area contributed by atoms with Gasteiger partial charge in [0.1, 0.15) is 5.75 Å². The van der Waals surface area contributed by atoms with Crippen molar-refractivity contribution in [3.05, 3.63) is 120 Å². The first-order chi connectivity index (χ1) is 15.7. The Kier molecular flexibility index (Phi) is 5.10. The van der Waals surface area contributed by atoms with Crippen molar-refractivity contribution in [2.24, 2.45) is 0 Å². The van der Waals surface area contributed by atoms with E-state index in [4.69, 9.17) is 4.74 Å². The number of anilines is 1. The molecular weight excluding hydrogens is 398 g/mol. The number of hydrogen-bond donors (Lipinski definition) is 1. The first kappa shape index (κ1) is 19.5. The number of fused-ring (bicyclic) bond motifs is 2. The highest BCUT2D eigenvalue weighted by Crippen LogP contribution is 2.23. The number of nitrogens with one attached hydrogen (secondary N) is 1. The molecule has 0 unspecified atom stereocenters. The number of amides is 1. The summed E-state index contributed by atoms with van der Waals surface area (Å²) in [6.45, 7) is 0. The van der Waals surface area contributed by atoms with Crippen LogP contribution >= 0.6 is 0 Å². The van der Waals surface area contributed by atoms with Crippen molar-refractivity contribution in [1.82, 2.24) is 0 Å². The van der Waals surface area contributed by atoms with Crippen LogP contribution in [0.15, 0.2) is 109 Å². The van der Waals surface area contributed by atoms with Gasteiger partial charge in [-0.15, -0.1) is 0 Å². The molecule has 0 aliphatic rings. The molecule has 0 spiro atoms. The van der Waals surface area contributed by atoms with Crippen molar-refractivity contribution in [3.8, 4) is 5.75 Å². The minimum atomic E-state index is -0.422. The van der Waals surface area contributed by atoms with Gasteiger partial charge in [0.05, 0.1) is 5.56 Å². The normalized spacial score (nSPS) is 10.8. The molecule has 0 heterocycles. The van der Waals surface area contributed by atoms with Gasteiger partial charge in [-0.2, -0.15) is 0 Å². The molecule has 4 nitrogen and oxygen atoms in total. The monoisotopic (exact) mass is 417 g/mol. The number of hydrogen-bond acceptors (Lipinski definition) is 3. The zero-order valence-corrected chi connectivity index (χ0v) is 17.1. The Bertz CT molecular complexity index is 1330. The van der Waals surface area contributed by atoms with E-state index in [2.05, 4.69) is 5.32 Å². The van der Waals surface area contributed by atoms with Crippen LogP contribution in [0.5, 0.6) is 5.75 Å². The first-order valence-corrected chi connectivity index (χ1v) is 10.3. The number of esters is 1. The number of carbonyl (C=O) groups is 2. The predicted octanol–water partition coefficient (Wildman–Crippen LogP) is 6.46. The van der Waals surface area contributed by atoms with Gasteiger partial charge in [-0.25, -0.2) is 4.79 Å². The van der Waals surface area contributed by atoms with Crippen LogP contribution in [0, 0.1) is 0 Å². The molecule has 0 fully saturated rings. The Morgan fingerprint density at radius 2 is 1.09 bits per heavy atom. The Hall–Kier alpha value is -4.44. The van der Waals surface area contributed by atoms with Crippen LogP contribution in [-0.2, 0) is 0 Å². The number of ether oxygens (including phenoxy) is 1. The Morgan fingerprint density at radius 3 is 1.75 bits per heavy atom. The maximum Gasteiger partial charge on any atom is 0.344 e. The number of rotatable bonds is 4. The Balaban J connectivity index is 1.32. The zero-order chi connectivity index (χ0) is 21.9. The molecule has 0 aliphatic carbocycles. The summed E-state index contributed by atoms with van der Waals surface area (Å²) in [5.74, 6) is -0.206. The van der Waals surface area contributed by atoms with Crippen molar-refractivity contribution >= 4 is 39.1 Å². The van der Waals surface area contributed by atoms with Gasteiger partial charge < -0.3 is 10.1 Å². The van der Waals surface area contributed by atoms with E-state index in [1.165, 1.54) is 0 Å². The molecule has 0 aromatic heterocycles. The van der Waals surface area contributed by atoms with E-state index in [0.29, 0.717) is 22.6 Å². The summed E-state index contributed by atoms with van der Waals surface area (Å²) in [6.07, 6.45) is 0. The van der Waals surface area contributed by atoms with Crippen LogP contribution in [0.1, 0.15) is 20.7 Å². The first-order valence-electron chi connectivity index (χ1n) is 10.3. The van der Waals surface area contributed by atoms with Crippen molar-refractivity contribution in [3.63, 3.8) is 0 Å². The molecule has 4 heteroatoms.